The average molecular weight is 396 g/mol. The number of para-hydroxylation sites is 1. The van der Waals surface area contributed by atoms with E-state index < -0.39 is 0 Å². The molecule has 0 aliphatic carbocycles. The molecule has 0 atom stereocenters. The van der Waals surface area contributed by atoms with Gasteiger partial charge >= 0.3 is 0 Å². The number of nitrogens with one attached hydrogen (secondary N) is 1. The van der Waals surface area contributed by atoms with Crippen LogP contribution >= 0.6 is 0 Å². The predicted octanol–water partition coefficient (Wildman–Crippen LogP) is 3.28. The summed E-state index contributed by atoms with van der Waals surface area (Å²) < 4.78 is 11.0. The van der Waals surface area contributed by atoms with Crippen molar-refractivity contribution in [1.29, 1.82) is 0 Å². The summed E-state index contributed by atoms with van der Waals surface area (Å²) >= 11 is 0. The normalized spacial score (nSPS) is 14.3. The van der Waals surface area contributed by atoms with Gasteiger partial charge in [0.25, 0.3) is 5.91 Å². The van der Waals surface area contributed by atoms with E-state index in [2.05, 4.69) is 5.32 Å². The van der Waals surface area contributed by atoms with Crippen molar-refractivity contribution in [3.63, 3.8) is 0 Å². The molecule has 3 rings (SSSR count). The number of benzene rings is 2. The van der Waals surface area contributed by atoms with Crippen molar-refractivity contribution in [2.24, 2.45) is 0 Å². The Balaban J connectivity index is 1.38. The second-order valence-electron chi connectivity index (χ2n) is 7.00. The molecular formula is C23H28N2O4. The summed E-state index contributed by atoms with van der Waals surface area (Å²) in [6, 6.07) is 16.7. The highest BCUT2D eigenvalue weighted by atomic mass is 16.5. The van der Waals surface area contributed by atoms with E-state index >= 15 is 0 Å². The lowest BCUT2D eigenvalue weighted by Crippen LogP contribution is -2.46. The van der Waals surface area contributed by atoms with Crippen LogP contribution in [-0.4, -0.2) is 49.1 Å². The van der Waals surface area contributed by atoms with Crippen LogP contribution in [0.3, 0.4) is 0 Å². The highest BCUT2D eigenvalue weighted by Gasteiger charge is 2.24. The Bertz CT molecular complexity index is 784. The van der Waals surface area contributed by atoms with Crippen molar-refractivity contribution in [1.82, 2.24) is 10.2 Å². The first-order valence-electron chi connectivity index (χ1n) is 10.1. The summed E-state index contributed by atoms with van der Waals surface area (Å²) in [5, 5.41) is 3.07. The zero-order chi connectivity index (χ0) is 20.5. The van der Waals surface area contributed by atoms with E-state index in [-0.39, 0.29) is 17.9 Å². The van der Waals surface area contributed by atoms with Gasteiger partial charge in [-0.25, -0.2) is 0 Å². The molecule has 1 fully saturated rings. The Morgan fingerprint density at radius 3 is 2.28 bits per heavy atom. The first kappa shape index (κ1) is 20.7. The monoisotopic (exact) mass is 396 g/mol. The molecule has 0 spiro atoms. The molecule has 2 aromatic rings. The van der Waals surface area contributed by atoms with E-state index in [9.17, 15) is 9.59 Å². The molecule has 1 aliphatic rings. The van der Waals surface area contributed by atoms with Gasteiger partial charge in [-0.1, -0.05) is 18.2 Å². The molecule has 0 aromatic heterocycles. The fourth-order valence-electron chi connectivity index (χ4n) is 3.34. The maximum atomic E-state index is 12.4. The lowest BCUT2D eigenvalue weighted by Gasteiger charge is -2.32. The molecule has 6 nitrogen and oxygen atoms in total. The number of piperidine rings is 1. The number of ether oxygens (including phenoxy) is 2. The van der Waals surface area contributed by atoms with Gasteiger partial charge in [0.05, 0.1) is 19.6 Å². The molecule has 154 valence electrons. The Morgan fingerprint density at radius 1 is 0.966 bits per heavy atom. The zero-order valence-electron chi connectivity index (χ0n) is 16.8. The summed E-state index contributed by atoms with van der Waals surface area (Å²) in [7, 11) is 0. The van der Waals surface area contributed by atoms with Crippen LogP contribution < -0.4 is 14.8 Å². The molecule has 29 heavy (non-hydrogen) atoms. The van der Waals surface area contributed by atoms with Crippen LogP contribution in [0, 0.1) is 0 Å². The molecule has 1 heterocycles. The minimum atomic E-state index is -0.0888. The van der Waals surface area contributed by atoms with Gasteiger partial charge in [0.2, 0.25) is 5.91 Å². The smallest absolute Gasteiger partial charge is 0.251 e. The van der Waals surface area contributed by atoms with Gasteiger partial charge in [-0.2, -0.15) is 0 Å². The molecule has 2 aromatic carbocycles. The van der Waals surface area contributed by atoms with Crippen LogP contribution in [-0.2, 0) is 4.79 Å². The third kappa shape index (κ3) is 6.24. The lowest BCUT2D eigenvalue weighted by molar-refractivity contribution is -0.132. The van der Waals surface area contributed by atoms with Crippen molar-refractivity contribution in [3.8, 4) is 11.5 Å². The summed E-state index contributed by atoms with van der Waals surface area (Å²) in [6.45, 7) is 4.20. The van der Waals surface area contributed by atoms with E-state index in [4.69, 9.17) is 9.47 Å². The van der Waals surface area contributed by atoms with Crippen molar-refractivity contribution in [3.05, 3.63) is 60.2 Å². The average Bonchev–Trinajstić information content (AvgIpc) is 2.75. The number of carbonyl (C=O) groups excluding carboxylic acids is 2. The lowest BCUT2D eigenvalue weighted by atomic mass is 10.0. The van der Waals surface area contributed by atoms with E-state index in [0.717, 1.165) is 24.3 Å². The molecule has 6 heteroatoms. The number of amides is 2. The second-order valence-corrected chi connectivity index (χ2v) is 7.00. The third-order valence-corrected chi connectivity index (χ3v) is 4.94. The fourth-order valence-corrected chi connectivity index (χ4v) is 3.34. The summed E-state index contributed by atoms with van der Waals surface area (Å²) in [5.41, 5.74) is 0.616. The first-order chi connectivity index (χ1) is 14.2. The van der Waals surface area contributed by atoms with E-state index in [1.54, 1.807) is 24.3 Å². The van der Waals surface area contributed by atoms with Crippen LogP contribution in [0.25, 0.3) is 0 Å². The van der Waals surface area contributed by atoms with E-state index in [0.29, 0.717) is 38.3 Å². The number of hydrogen-bond donors (Lipinski definition) is 1. The molecule has 1 saturated heterocycles. The van der Waals surface area contributed by atoms with Crippen LogP contribution in [0.5, 0.6) is 11.5 Å². The molecule has 2 amide bonds. The molecule has 1 aliphatic heterocycles. The van der Waals surface area contributed by atoms with Crippen LogP contribution in [0.1, 0.15) is 36.5 Å². The summed E-state index contributed by atoms with van der Waals surface area (Å²) in [5.74, 6) is 1.54. The Hall–Kier alpha value is -3.02. The third-order valence-electron chi connectivity index (χ3n) is 4.94. The van der Waals surface area contributed by atoms with Gasteiger partial charge in [-0.15, -0.1) is 0 Å². The molecule has 0 unspecified atom stereocenters. The standard InChI is InChI=1S/C23H28N2O4/c1-2-28-21-10-8-18(9-11-21)23(27)24-19-12-15-25(16-13-19)22(26)14-17-29-20-6-4-3-5-7-20/h3-11,19H,2,12-17H2,1H3,(H,24,27). The highest BCUT2D eigenvalue weighted by molar-refractivity contribution is 5.94. The highest BCUT2D eigenvalue weighted by Crippen LogP contribution is 2.15. The van der Waals surface area contributed by atoms with Crippen molar-refractivity contribution in [2.45, 2.75) is 32.2 Å². The van der Waals surface area contributed by atoms with Crippen LogP contribution in [0.15, 0.2) is 54.6 Å². The van der Waals surface area contributed by atoms with Crippen molar-refractivity contribution >= 4 is 11.8 Å². The van der Waals surface area contributed by atoms with Crippen molar-refractivity contribution in [2.75, 3.05) is 26.3 Å². The van der Waals surface area contributed by atoms with Gasteiger partial charge in [0.1, 0.15) is 11.5 Å². The Labute approximate surface area is 171 Å². The maximum absolute atomic E-state index is 12.4. The van der Waals surface area contributed by atoms with E-state index in [1.807, 2.05) is 42.2 Å². The van der Waals surface area contributed by atoms with Gasteiger partial charge in [0, 0.05) is 24.7 Å². The predicted molar refractivity (Wildman–Crippen MR) is 111 cm³/mol. The molecule has 1 N–H and O–H groups in total. The van der Waals surface area contributed by atoms with Gasteiger partial charge < -0.3 is 19.7 Å². The number of nitrogens with zero attached hydrogens (tertiary/aromatic N) is 1. The van der Waals surface area contributed by atoms with E-state index in [1.165, 1.54) is 0 Å². The van der Waals surface area contributed by atoms with Gasteiger partial charge in [-0.05, 0) is 56.2 Å². The number of rotatable bonds is 8. The van der Waals surface area contributed by atoms with Crippen molar-refractivity contribution < 1.29 is 19.1 Å². The topological polar surface area (TPSA) is 67.9 Å². The van der Waals surface area contributed by atoms with Crippen LogP contribution in [0.4, 0.5) is 0 Å². The molecule has 0 bridgehead atoms. The molecule has 0 saturated carbocycles. The zero-order valence-corrected chi connectivity index (χ0v) is 16.8. The maximum Gasteiger partial charge on any atom is 0.251 e. The second kappa shape index (κ2) is 10.5. The minimum Gasteiger partial charge on any atom is -0.494 e. The molecular weight excluding hydrogens is 368 g/mol. The largest absolute Gasteiger partial charge is 0.494 e. The quantitative estimate of drug-likeness (QED) is 0.744. The minimum absolute atomic E-state index is 0.0821. The Morgan fingerprint density at radius 2 is 1.62 bits per heavy atom. The number of hydrogen-bond acceptors (Lipinski definition) is 4. The fraction of sp³-hybridized carbons (Fsp3) is 0.391. The Kier molecular flexibility index (Phi) is 7.50. The van der Waals surface area contributed by atoms with Gasteiger partial charge in [0.15, 0.2) is 0 Å². The SMILES string of the molecule is CCOc1ccc(C(=O)NC2CCN(C(=O)CCOc3ccccc3)CC2)cc1. The number of likely N-dealkylation sites (tertiary alicyclic amines) is 1. The first-order valence-corrected chi connectivity index (χ1v) is 10.1. The molecule has 0 radical (unpaired) electrons. The van der Waals surface area contributed by atoms with Gasteiger partial charge in [-0.3, -0.25) is 9.59 Å². The summed E-state index contributed by atoms with van der Waals surface area (Å²) in [6.07, 6.45) is 1.88. The number of carbonyl (C=O) groups is 2. The summed E-state index contributed by atoms with van der Waals surface area (Å²) in [4.78, 5) is 26.7. The van der Waals surface area contributed by atoms with Crippen LogP contribution in [0.2, 0.25) is 0 Å².